The number of hydrogen-bond acceptors (Lipinski definition) is 2. The van der Waals surface area contributed by atoms with E-state index in [4.69, 9.17) is 4.74 Å². The van der Waals surface area contributed by atoms with E-state index >= 15 is 0 Å². The maximum atomic E-state index is 5.60. The van der Waals surface area contributed by atoms with Crippen LogP contribution in [0.4, 0.5) is 0 Å². The average molecular weight is 261 g/mol. The van der Waals surface area contributed by atoms with Crippen molar-refractivity contribution in [1.82, 2.24) is 5.32 Å². The predicted octanol–water partition coefficient (Wildman–Crippen LogP) is 4.14. The fourth-order valence-corrected chi connectivity index (χ4v) is 2.34. The van der Waals surface area contributed by atoms with Crippen LogP contribution in [0, 0.1) is 5.92 Å². The van der Waals surface area contributed by atoms with Crippen LogP contribution < -0.4 is 10.1 Å². The predicted molar refractivity (Wildman–Crippen MR) is 80.5 cm³/mol. The van der Waals surface area contributed by atoms with Crippen molar-refractivity contribution in [2.24, 2.45) is 5.92 Å². The maximum absolute atomic E-state index is 5.60. The molecule has 2 rings (SSSR count). The fourth-order valence-electron chi connectivity index (χ4n) is 2.34. The van der Waals surface area contributed by atoms with Crippen LogP contribution >= 0.6 is 0 Å². The molecule has 0 spiro atoms. The van der Waals surface area contributed by atoms with E-state index in [1.54, 1.807) is 0 Å². The summed E-state index contributed by atoms with van der Waals surface area (Å²) in [4.78, 5) is 0. The minimum absolute atomic E-state index is 0.684. The Hall–Kier alpha value is -1.02. The molecule has 0 bridgehead atoms. The van der Waals surface area contributed by atoms with E-state index in [-0.39, 0.29) is 0 Å². The van der Waals surface area contributed by atoms with Crippen LogP contribution in [0.15, 0.2) is 24.3 Å². The Morgan fingerprint density at radius 3 is 2.53 bits per heavy atom. The normalized spacial score (nSPS) is 16.3. The molecule has 0 radical (unpaired) electrons. The van der Waals surface area contributed by atoms with Gasteiger partial charge in [0.05, 0.1) is 6.61 Å². The molecule has 2 heteroatoms. The molecule has 1 N–H and O–H groups in total. The van der Waals surface area contributed by atoms with Gasteiger partial charge >= 0.3 is 0 Å². The largest absolute Gasteiger partial charge is 0.494 e. The second-order valence-corrected chi connectivity index (χ2v) is 5.66. The van der Waals surface area contributed by atoms with E-state index in [1.165, 1.54) is 31.2 Å². The maximum Gasteiger partial charge on any atom is 0.119 e. The molecule has 1 fully saturated rings. The number of hydrogen-bond donors (Lipinski definition) is 1. The molecule has 1 aromatic carbocycles. The van der Waals surface area contributed by atoms with Gasteiger partial charge in [0.2, 0.25) is 0 Å². The van der Waals surface area contributed by atoms with Gasteiger partial charge in [0.25, 0.3) is 0 Å². The van der Waals surface area contributed by atoms with Crippen molar-refractivity contribution in [2.45, 2.75) is 58.5 Å². The number of benzene rings is 1. The van der Waals surface area contributed by atoms with E-state index < -0.39 is 0 Å². The highest BCUT2D eigenvalue weighted by Gasteiger charge is 2.24. The van der Waals surface area contributed by atoms with Gasteiger partial charge < -0.3 is 10.1 Å². The topological polar surface area (TPSA) is 21.3 Å². The van der Waals surface area contributed by atoms with E-state index in [0.717, 1.165) is 31.2 Å². The first-order valence-electron chi connectivity index (χ1n) is 7.77. The molecule has 1 saturated carbocycles. The van der Waals surface area contributed by atoms with Gasteiger partial charge in [-0.2, -0.15) is 0 Å². The average Bonchev–Trinajstić information content (AvgIpc) is 3.26. The van der Waals surface area contributed by atoms with Crippen LogP contribution in [-0.4, -0.2) is 12.6 Å². The number of rotatable bonds is 9. The molecule has 0 aliphatic heterocycles. The van der Waals surface area contributed by atoms with Crippen molar-refractivity contribution < 1.29 is 4.74 Å². The summed E-state index contributed by atoms with van der Waals surface area (Å²) in [6.07, 6.45) is 6.54. The molecular weight excluding hydrogens is 234 g/mol. The van der Waals surface area contributed by atoms with Gasteiger partial charge in [0.15, 0.2) is 0 Å². The monoisotopic (exact) mass is 261 g/mol. The Bertz CT molecular complexity index is 356. The van der Waals surface area contributed by atoms with Gasteiger partial charge in [-0.3, -0.25) is 0 Å². The summed E-state index contributed by atoms with van der Waals surface area (Å²) in [7, 11) is 0. The van der Waals surface area contributed by atoms with Crippen molar-refractivity contribution in [1.29, 1.82) is 0 Å². The van der Waals surface area contributed by atoms with E-state index in [1.807, 2.05) is 0 Å². The molecule has 1 aromatic rings. The Kier molecular flexibility index (Phi) is 5.71. The summed E-state index contributed by atoms with van der Waals surface area (Å²) < 4.78 is 5.60. The molecule has 2 nitrogen and oxygen atoms in total. The molecule has 0 aromatic heterocycles. The first-order valence-corrected chi connectivity index (χ1v) is 7.77. The third-order valence-electron chi connectivity index (χ3n) is 3.80. The van der Waals surface area contributed by atoms with Gasteiger partial charge in [-0.25, -0.2) is 0 Å². The smallest absolute Gasteiger partial charge is 0.119 e. The molecule has 19 heavy (non-hydrogen) atoms. The number of ether oxygens (including phenoxy) is 1. The molecule has 1 aliphatic rings. The first-order chi connectivity index (χ1) is 9.31. The number of nitrogens with one attached hydrogen (secondary N) is 1. The third kappa shape index (κ3) is 5.23. The molecule has 1 unspecified atom stereocenters. The van der Waals surface area contributed by atoms with Crippen molar-refractivity contribution >= 4 is 0 Å². The van der Waals surface area contributed by atoms with Crippen LogP contribution in [0.5, 0.6) is 5.75 Å². The van der Waals surface area contributed by atoms with Crippen molar-refractivity contribution in [3.63, 3.8) is 0 Å². The highest BCUT2D eigenvalue weighted by molar-refractivity contribution is 5.27. The molecular formula is C17H27NO. The molecule has 0 amide bonds. The summed E-state index contributed by atoms with van der Waals surface area (Å²) in [6.45, 7) is 6.18. The van der Waals surface area contributed by atoms with Gasteiger partial charge in [-0.1, -0.05) is 38.8 Å². The summed E-state index contributed by atoms with van der Waals surface area (Å²) in [5.74, 6) is 1.98. The lowest BCUT2D eigenvalue weighted by Crippen LogP contribution is -2.28. The zero-order chi connectivity index (χ0) is 13.5. The lowest BCUT2D eigenvalue weighted by Gasteiger charge is -2.16. The minimum Gasteiger partial charge on any atom is -0.494 e. The van der Waals surface area contributed by atoms with Crippen LogP contribution in [-0.2, 0) is 6.54 Å². The lowest BCUT2D eigenvalue weighted by molar-refractivity contribution is 0.317. The van der Waals surface area contributed by atoms with E-state index in [0.29, 0.717) is 6.04 Å². The molecule has 0 heterocycles. The lowest BCUT2D eigenvalue weighted by atomic mass is 10.1. The summed E-state index contributed by atoms with van der Waals surface area (Å²) >= 11 is 0. The van der Waals surface area contributed by atoms with Crippen molar-refractivity contribution in [3.8, 4) is 5.75 Å². The molecule has 106 valence electrons. The van der Waals surface area contributed by atoms with Crippen LogP contribution in [0.2, 0.25) is 0 Å². The van der Waals surface area contributed by atoms with E-state index in [9.17, 15) is 0 Å². The summed E-state index contributed by atoms with van der Waals surface area (Å²) in [5, 5.41) is 3.68. The Morgan fingerprint density at radius 1 is 1.21 bits per heavy atom. The Labute approximate surface area is 117 Å². The van der Waals surface area contributed by atoms with Gasteiger partial charge in [-0.15, -0.1) is 0 Å². The molecule has 1 aliphatic carbocycles. The molecule has 0 saturated heterocycles. The second kappa shape index (κ2) is 7.54. The highest BCUT2D eigenvalue weighted by atomic mass is 16.5. The van der Waals surface area contributed by atoms with Crippen LogP contribution in [0.3, 0.4) is 0 Å². The minimum atomic E-state index is 0.684. The Morgan fingerprint density at radius 2 is 1.95 bits per heavy atom. The van der Waals surface area contributed by atoms with Crippen molar-refractivity contribution in [3.05, 3.63) is 29.8 Å². The Balaban J connectivity index is 1.74. The van der Waals surface area contributed by atoms with Crippen molar-refractivity contribution in [2.75, 3.05) is 6.61 Å². The zero-order valence-corrected chi connectivity index (χ0v) is 12.3. The summed E-state index contributed by atoms with van der Waals surface area (Å²) in [6, 6.07) is 9.18. The van der Waals surface area contributed by atoms with Gasteiger partial charge in [0, 0.05) is 12.6 Å². The third-order valence-corrected chi connectivity index (χ3v) is 3.80. The van der Waals surface area contributed by atoms with E-state index in [2.05, 4.69) is 43.4 Å². The highest BCUT2D eigenvalue weighted by Crippen LogP contribution is 2.34. The molecule has 1 atom stereocenters. The fraction of sp³-hybridized carbons (Fsp3) is 0.647. The quantitative estimate of drug-likeness (QED) is 0.721. The van der Waals surface area contributed by atoms with Gasteiger partial charge in [0.1, 0.15) is 5.75 Å². The zero-order valence-electron chi connectivity index (χ0n) is 12.3. The van der Waals surface area contributed by atoms with Crippen LogP contribution in [0.1, 0.15) is 51.5 Å². The first kappa shape index (κ1) is 14.4. The SMILES string of the molecule is CCCOc1ccc(CNC(CC)CC2CC2)cc1. The second-order valence-electron chi connectivity index (χ2n) is 5.66. The van der Waals surface area contributed by atoms with Crippen LogP contribution in [0.25, 0.3) is 0 Å². The summed E-state index contributed by atoms with van der Waals surface area (Å²) in [5.41, 5.74) is 1.35. The van der Waals surface area contributed by atoms with Gasteiger partial charge in [-0.05, 0) is 42.9 Å². The standard InChI is InChI=1S/C17H27NO/c1-3-11-19-17-9-7-15(8-10-17)13-18-16(4-2)12-14-5-6-14/h7-10,14,16,18H,3-6,11-13H2,1-2H3.